The molecule has 0 saturated carbocycles. The Balaban J connectivity index is 1.84. The SMILES string of the molecule is CC(C)(Oc1cc(Cl)c(Cc2ccc(O)c(Cc3ccc(F)cc3)c2)c(Cl)c1)P(=O)(O)O. The lowest BCUT2D eigenvalue weighted by Gasteiger charge is -2.27. The van der Waals surface area contributed by atoms with Crippen LogP contribution in [0, 0.1) is 5.82 Å². The molecule has 3 rings (SSSR count). The molecule has 0 radical (unpaired) electrons. The zero-order chi connectivity index (χ0) is 23.7. The van der Waals surface area contributed by atoms with Crippen LogP contribution in [0.5, 0.6) is 11.5 Å². The quantitative estimate of drug-likeness (QED) is 0.332. The smallest absolute Gasteiger partial charge is 0.368 e. The van der Waals surface area contributed by atoms with Gasteiger partial charge in [-0.2, -0.15) is 0 Å². The highest BCUT2D eigenvalue weighted by atomic mass is 35.5. The maximum atomic E-state index is 13.1. The highest BCUT2D eigenvalue weighted by molar-refractivity contribution is 7.53. The molecule has 0 saturated heterocycles. The summed E-state index contributed by atoms with van der Waals surface area (Å²) in [4.78, 5) is 18.9. The number of halogens is 3. The van der Waals surface area contributed by atoms with Crippen LogP contribution in [0.15, 0.2) is 54.6 Å². The highest BCUT2D eigenvalue weighted by Gasteiger charge is 2.40. The zero-order valence-electron chi connectivity index (χ0n) is 17.3. The molecule has 0 spiro atoms. The summed E-state index contributed by atoms with van der Waals surface area (Å²) in [6, 6.07) is 14.1. The summed E-state index contributed by atoms with van der Waals surface area (Å²) in [5, 5.41) is 9.05. The lowest BCUT2D eigenvalue weighted by molar-refractivity contribution is 0.151. The van der Waals surface area contributed by atoms with Gasteiger partial charge in [-0.05, 0) is 66.4 Å². The van der Waals surface area contributed by atoms with Crippen molar-refractivity contribution >= 4 is 30.8 Å². The molecule has 32 heavy (non-hydrogen) atoms. The summed E-state index contributed by atoms with van der Waals surface area (Å²) < 4.78 is 30.2. The van der Waals surface area contributed by atoms with Gasteiger partial charge in [-0.3, -0.25) is 4.57 Å². The van der Waals surface area contributed by atoms with Crippen LogP contribution in [0.25, 0.3) is 0 Å². The van der Waals surface area contributed by atoms with E-state index in [4.69, 9.17) is 27.9 Å². The van der Waals surface area contributed by atoms with Crippen LogP contribution >= 0.6 is 30.8 Å². The van der Waals surface area contributed by atoms with Gasteiger partial charge in [0, 0.05) is 22.9 Å². The number of rotatable bonds is 7. The van der Waals surface area contributed by atoms with Gasteiger partial charge in [0.05, 0.1) is 0 Å². The lowest BCUT2D eigenvalue weighted by atomic mass is 9.98. The summed E-state index contributed by atoms with van der Waals surface area (Å²) in [6.07, 6.45) is 0.780. The van der Waals surface area contributed by atoms with Gasteiger partial charge in [0.1, 0.15) is 17.3 Å². The second-order valence-corrected chi connectivity index (χ2v) is 10.9. The van der Waals surface area contributed by atoms with Gasteiger partial charge in [-0.1, -0.05) is 47.5 Å². The molecule has 0 amide bonds. The van der Waals surface area contributed by atoms with Crippen LogP contribution in [0.4, 0.5) is 4.39 Å². The Morgan fingerprint density at radius 1 is 0.938 bits per heavy atom. The average molecular weight is 499 g/mol. The second kappa shape index (κ2) is 9.42. The monoisotopic (exact) mass is 498 g/mol. The number of benzene rings is 3. The van der Waals surface area contributed by atoms with E-state index in [1.165, 1.54) is 38.1 Å². The van der Waals surface area contributed by atoms with Gasteiger partial charge in [0.25, 0.3) is 0 Å². The van der Waals surface area contributed by atoms with E-state index < -0.39 is 12.9 Å². The molecule has 0 aliphatic rings. The molecule has 3 aromatic carbocycles. The fourth-order valence-corrected chi connectivity index (χ4v) is 3.90. The van der Waals surface area contributed by atoms with E-state index in [-0.39, 0.29) is 27.4 Å². The Morgan fingerprint density at radius 2 is 1.50 bits per heavy atom. The molecule has 3 aromatic rings. The molecule has 0 aliphatic heterocycles. The predicted molar refractivity (Wildman–Crippen MR) is 123 cm³/mol. The van der Waals surface area contributed by atoms with Gasteiger partial charge < -0.3 is 19.6 Å². The third kappa shape index (κ3) is 5.83. The van der Waals surface area contributed by atoms with E-state index in [0.717, 1.165) is 11.1 Å². The first-order valence-electron chi connectivity index (χ1n) is 9.63. The average Bonchev–Trinajstić information content (AvgIpc) is 2.67. The molecule has 0 bridgehead atoms. The number of ether oxygens (including phenoxy) is 1. The Hall–Kier alpha value is -2.08. The lowest BCUT2D eigenvalue weighted by Crippen LogP contribution is -2.28. The standard InChI is InChI=1S/C23H22Cl2FO5P/c1-23(2,32(28,29)30)31-18-12-20(24)19(21(25)13-18)11-15-5-8-22(27)16(10-15)9-14-3-6-17(26)7-4-14/h3-8,10,12-13,27H,9,11H2,1-2H3,(H2,28,29,30). The van der Waals surface area contributed by atoms with Gasteiger partial charge in [-0.15, -0.1) is 0 Å². The van der Waals surface area contributed by atoms with E-state index in [1.807, 2.05) is 6.07 Å². The normalized spacial score (nSPS) is 12.1. The minimum atomic E-state index is -4.53. The molecule has 0 unspecified atom stereocenters. The van der Waals surface area contributed by atoms with Gasteiger partial charge in [0.15, 0.2) is 0 Å². The molecule has 3 N–H and O–H groups in total. The molecule has 0 aromatic heterocycles. The largest absolute Gasteiger partial charge is 0.508 e. The predicted octanol–water partition coefficient (Wildman–Crippen LogP) is 6.31. The molecular weight excluding hydrogens is 477 g/mol. The Labute approximate surface area is 195 Å². The van der Waals surface area contributed by atoms with Crippen molar-refractivity contribution in [2.75, 3.05) is 0 Å². The van der Waals surface area contributed by atoms with Crippen molar-refractivity contribution in [1.82, 2.24) is 0 Å². The fourth-order valence-electron chi connectivity index (χ4n) is 3.07. The summed E-state index contributed by atoms with van der Waals surface area (Å²) in [7, 11) is -4.53. The zero-order valence-corrected chi connectivity index (χ0v) is 19.8. The summed E-state index contributed by atoms with van der Waals surface area (Å²) in [6.45, 7) is 2.56. The van der Waals surface area contributed by atoms with Crippen molar-refractivity contribution in [1.29, 1.82) is 0 Å². The Bertz CT molecular complexity index is 1150. The second-order valence-electron chi connectivity index (χ2n) is 7.90. The van der Waals surface area contributed by atoms with E-state index in [0.29, 0.717) is 24.0 Å². The number of aromatic hydroxyl groups is 1. The maximum absolute atomic E-state index is 13.1. The van der Waals surface area contributed by atoms with Crippen LogP contribution in [0.2, 0.25) is 10.0 Å². The minimum Gasteiger partial charge on any atom is -0.508 e. The van der Waals surface area contributed by atoms with Crippen molar-refractivity contribution < 1.29 is 28.6 Å². The van der Waals surface area contributed by atoms with E-state index >= 15 is 0 Å². The van der Waals surface area contributed by atoms with E-state index in [1.54, 1.807) is 24.3 Å². The van der Waals surface area contributed by atoms with Crippen LogP contribution in [0.3, 0.4) is 0 Å². The van der Waals surface area contributed by atoms with E-state index in [2.05, 4.69) is 0 Å². The summed E-state index contributed by atoms with van der Waals surface area (Å²) in [5.41, 5.74) is 2.97. The summed E-state index contributed by atoms with van der Waals surface area (Å²) >= 11 is 12.8. The van der Waals surface area contributed by atoms with Gasteiger partial charge in [-0.25, -0.2) is 4.39 Å². The van der Waals surface area contributed by atoms with E-state index in [9.17, 15) is 23.8 Å². The van der Waals surface area contributed by atoms with Crippen LogP contribution < -0.4 is 4.74 Å². The van der Waals surface area contributed by atoms with Crippen LogP contribution in [-0.2, 0) is 17.4 Å². The first kappa shape index (κ1) is 24.6. The molecular formula is C23H22Cl2FO5P. The number of phenolic OH excluding ortho intramolecular Hbond substituents is 1. The number of phenols is 1. The topological polar surface area (TPSA) is 87.0 Å². The van der Waals surface area contributed by atoms with Gasteiger partial charge >= 0.3 is 7.60 Å². The minimum absolute atomic E-state index is 0.124. The van der Waals surface area contributed by atoms with Crippen molar-refractivity contribution in [3.8, 4) is 11.5 Å². The van der Waals surface area contributed by atoms with Gasteiger partial charge in [0.2, 0.25) is 5.34 Å². The summed E-state index contributed by atoms with van der Waals surface area (Å²) in [5.74, 6) is -0.0638. The highest BCUT2D eigenvalue weighted by Crippen LogP contribution is 2.51. The molecule has 170 valence electrons. The molecule has 0 atom stereocenters. The maximum Gasteiger partial charge on any atom is 0.368 e. The Kier molecular flexibility index (Phi) is 7.23. The molecule has 0 aliphatic carbocycles. The third-order valence-corrected chi connectivity index (χ3v) is 7.19. The molecule has 9 heteroatoms. The first-order valence-corrected chi connectivity index (χ1v) is 12.0. The van der Waals surface area contributed by atoms with Crippen LogP contribution in [-0.4, -0.2) is 20.2 Å². The Morgan fingerprint density at radius 3 is 2.06 bits per heavy atom. The number of hydrogen-bond donors (Lipinski definition) is 3. The molecule has 5 nitrogen and oxygen atoms in total. The van der Waals surface area contributed by atoms with Crippen molar-refractivity contribution in [2.45, 2.75) is 32.0 Å². The molecule has 0 fully saturated rings. The molecule has 0 heterocycles. The van der Waals surface area contributed by atoms with Crippen molar-refractivity contribution in [2.24, 2.45) is 0 Å². The van der Waals surface area contributed by atoms with Crippen molar-refractivity contribution in [3.63, 3.8) is 0 Å². The third-order valence-electron chi connectivity index (χ3n) is 5.02. The fraction of sp³-hybridized carbons (Fsp3) is 0.217. The number of hydrogen-bond acceptors (Lipinski definition) is 3. The van der Waals surface area contributed by atoms with Crippen molar-refractivity contribution in [3.05, 3.63) is 92.7 Å². The van der Waals surface area contributed by atoms with Crippen LogP contribution in [0.1, 0.15) is 36.1 Å². The first-order chi connectivity index (χ1) is 14.9.